The molecular formula is C19H9F5O2. The number of fused-ring (bicyclic) bond motifs is 1. The van der Waals surface area contributed by atoms with E-state index in [9.17, 15) is 22.0 Å². The maximum Gasteiger partial charge on any atom is 0.270 e. The highest BCUT2D eigenvalue weighted by atomic mass is 19.1. The van der Waals surface area contributed by atoms with Gasteiger partial charge in [-0.1, -0.05) is 0 Å². The minimum Gasteiger partial charge on any atom is -0.446 e. The molecule has 132 valence electrons. The molecule has 0 spiro atoms. The topological polar surface area (TPSA) is 18.5 Å². The van der Waals surface area contributed by atoms with Crippen molar-refractivity contribution in [3.8, 4) is 22.6 Å². The van der Waals surface area contributed by atoms with Crippen LogP contribution in [0.25, 0.3) is 11.1 Å². The van der Waals surface area contributed by atoms with Crippen LogP contribution >= 0.6 is 0 Å². The first-order valence-corrected chi connectivity index (χ1v) is 7.49. The second-order valence-corrected chi connectivity index (χ2v) is 5.64. The van der Waals surface area contributed by atoms with Crippen molar-refractivity contribution >= 4 is 0 Å². The fourth-order valence-corrected chi connectivity index (χ4v) is 2.75. The average molecular weight is 364 g/mol. The molecule has 0 aliphatic carbocycles. The molecule has 0 saturated carbocycles. The summed E-state index contributed by atoms with van der Waals surface area (Å²) in [7, 11) is 0. The van der Waals surface area contributed by atoms with Gasteiger partial charge in [-0.15, -0.1) is 0 Å². The third-order valence-electron chi connectivity index (χ3n) is 3.92. The SMILES string of the molecule is Fc1ccc(-c2cc(F)cc3c2OC(c2ccc(F)cc2F)O3)c(F)c1. The van der Waals surface area contributed by atoms with Gasteiger partial charge in [-0.2, -0.15) is 0 Å². The highest BCUT2D eigenvalue weighted by Crippen LogP contribution is 2.48. The third-order valence-corrected chi connectivity index (χ3v) is 3.92. The van der Waals surface area contributed by atoms with E-state index in [0.29, 0.717) is 12.1 Å². The van der Waals surface area contributed by atoms with Gasteiger partial charge in [-0.3, -0.25) is 0 Å². The molecule has 3 aromatic rings. The molecule has 0 radical (unpaired) electrons. The summed E-state index contributed by atoms with van der Waals surface area (Å²) in [6, 6.07) is 7.62. The summed E-state index contributed by atoms with van der Waals surface area (Å²) in [5, 5.41) is 0. The standard InChI is InChI=1S/C19H9F5O2/c20-9-1-3-12(15(23)6-9)14-5-11(22)8-17-18(14)26-19(25-17)13-4-2-10(21)7-16(13)24/h1-8,19H. The molecule has 7 heteroatoms. The Labute approximate surface area is 144 Å². The fourth-order valence-electron chi connectivity index (χ4n) is 2.75. The monoisotopic (exact) mass is 364 g/mol. The summed E-state index contributed by atoms with van der Waals surface area (Å²) in [5.74, 6) is -4.23. The van der Waals surface area contributed by atoms with Crippen LogP contribution in [0.5, 0.6) is 11.5 Å². The summed E-state index contributed by atoms with van der Waals surface area (Å²) in [4.78, 5) is 0. The van der Waals surface area contributed by atoms with Crippen molar-refractivity contribution in [2.24, 2.45) is 0 Å². The smallest absolute Gasteiger partial charge is 0.270 e. The van der Waals surface area contributed by atoms with Gasteiger partial charge in [0.15, 0.2) is 11.5 Å². The van der Waals surface area contributed by atoms with Gasteiger partial charge >= 0.3 is 0 Å². The third kappa shape index (κ3) is 2.75. The first kappa shape index (κ1) is 16.4. The molecule has 1 aliphatic rings. The first-order chi connectivity index (χ1) is 12.4. The molecule has 1 aliphatic heterocycles. The van der Waals surface area contributed by atoms with E-state index >= 15 is 0 Å². The Morgan fingerprint density at radius 2 is 1.31 bits per heavy atom. The molecule has 0 bridgehead atoms. The van der Waals surface area contributed by atoms with Crippen molar-refractivity contribution in [2.45, 2.75) is 6.29 Å². The molecular weight excluding hydrogens is 355 g/mol. The van der Waals surface area contributed by atoms with E-state index in [0.717, 1.165) is 36.4 Å². The molecule has 3 aromatic carbocycles. The highest BCUT2D eigenvalue weighted by molar-refractivity contribution is 5.75. The number of halogens is 5. The van der Waals surface area contributed by atoms with Crippen LogP contribution in [0.1, 0.15) is 11.9 Å². The number of ether oxygens (including phenoxy) is 2. The van der Waals surface area contributed by atoms with Gasteiger partial charge < -0.3 is 9.47 Å². The van der Waals surface area contributed by atoms with E-state index < -0.39 is 35.4 Å². The van der Waals surface area contributed by atoms with Crippen LogP contribution in [0.2, 0.25) is 0 Å². The Hall–Kier alpha value is -3.09. The molecule has 0 N–H and O–H groups in total. The summed E-state index contributed by atoms with van der Waals surface area (Å²) in [6.07, 6.45) is -1.30. The normalized spacial score (nSPS) is 15.3. The largest absolute Gasteiger partial charge is 0.446 e. The molecule has 0 amide bonds. The highest BCUT2D eigenvalue weighted by Gasteiger charge is 2.32. The van der Waals surface area contributed by atoms with Crippen LogP contribution < -0.4 is 9.47 Å². The van der Waals surface area contributed by atoms with Crippen molar-refractivity contribution in [3.05, 3.63) is 83.2 Å². The van der Waals surface area contributed by atoms with Crippen molar-refractivity contribution in [1.29, 1.82) is 0 Å². The van der Waals surface area contributed by atoms with Crippen LogP contribution in [0.4, 0.5) is 22.0 Å². The summed E-state index contributed by atoms with van der Waals surface area (Å²) < 4.78 is 79.1. The van der Waals surface area contributed by atoms with Crippen LogP contribution in [0.15, 0.2) is 48.5 Å². The first-order valence-electron chi connectivity index (χ1n) is 7.49. The van der Waals surface area contributed by atoms with E-state index in [1.165, 1.54) is 0 Å². The Bertz CT molecular complexity index is 1020. The molecule has 1 unspecified atom stereocenters. The minimum absolute atomic E-state index is 0.0116. The Morgan fingerprint density at radius 1 is 0.615 bits per heavy atom. The van der Waals surface area contributed by atoms with E-state index in [4.69, 9.17) is 9.47 Å². The van der Waals surface area contributed by atoms with Crippen molar-refractivity contribution in [3.63, 3.8) is 0 Å². The molecule has 0 aromatic heterocycles. The predicted molar refractivity (Wildman–Crippen MR) is 82.1 cm³/mol. The molecule has 2 nitrogen and oxygen atoms in total. The van der Waals surface area contributed by atoms with Gasteiger partial charge in [0.1, 0.15) is 29.1 Å². The zero-order valence-electron chi connectivity index (χ0n) is 12.9. The quantitative estimate of drug-likeness (QED) is 0.558. The maximum absolute atomic E-state index is 14.1. The van der Waals surface area contributed by atoms with Crippen LogP contribution in [0.3, 0.4) is 0 Å². The number of hydrogen-bond donors (Lipinski definition) is 0. The molecule has 0 saturated heterocycles. The Morgan fingerprint density at radius 3 is 2.00 bits per heavy atom. The summed E-state index contributed by atoms with van der Waals surface area (Å²) in [5.41, 5.74) is -0.220. The number of hydrogen-bond acceptors (Lipinski definition) is 2. The van der Waals surface area contributed by atoms with E-state index in [1.54, 1.807) is 0 Å². The zero-order chi connectivity index (χ0) is 18.4. The number of rotatable bonds is 2. The lowest BCUT2D eigenvalue weighted by Crippen LogP contribution is -2.10. The number of benzene rings is 3. The van der Waals surface area contributed by atoms with Crippen molar-refractivity contribution in [1.82, 2.24) is 0 Å². The Kier molecular flexibility index (Phi) is 3.79. The van der Waals surface area contributed by atoms with Crippen molar-refractivity contribution in [2.75, 3.05) is 0 Å². The lowest BCUT2D eigenvalue weighted by atomic mass is 10.0. The lowest BCUT2D eigenvalue weighted by molar-refractivity contribution is 0.0455. The average Bonchev–Trinajstić information content (AvgIpc) is 2.97. The van der Waals surface area contributed by atoms with Crippen molar-refractivity contribution < 1.29 is 31.4 Å². The fraction of sp³-hybridized carbons (Fsp3) is 0.0526. The molecule has 0 fully saturated rings. The summed E-state index contributed by atoms with van der Waals surface area (Å²) >= 11 is 0. The Balaban J connectivity index is 1.79. The van der Waals surface area contributed by atoms with Gasteiger partial charge in [0, 0.05) is 29.3 Å². The van der Waals surface area contributed by atoms with E-state index in [1.807, 2.05) is 0 Å². The molecule has 4 rings (SSSR count). The van der Waals surface area contributed by atoms with Crippen LogP contribution in [-0.2, 0) is 0 Å². The van der Waals surface area contributed by atoms with Gasteiger partial charge in [-0.05, 0) is 30.3 Å². The van der Waals surface area contributed by atoms with Crippen LogP contribution in [-0.4, -0.2) is 0 Å². The van der Waals surface area contributed by atoms with E-state index in [-0.39, 0.29) is 28.2 Å². The summed E-state index contributed by atoms with van der Waals surface area (Å²) in [6.45, 7) is 0. The predicted octanol–water partition coefficient (Wildman–Crippen LogP) is 5.52. The lowest BCUT2D eigenvalue weighted by Gasteiger charge is -2.12. The second kappa shape index (κ2) is 6.01. The van der Waals surface area contributed by atoms with Gasteiger partial charge in [0.05, 0.1) is 5.56 Å². The van der Waals surface area contributed by atoms with E-state index in [2.05, 4.69) is 0 Å². The van der Waals surface area contributed by atoms with Gasteiger partial charge in [0.25, 0.3) is 6.29 Å². The second-order valence-electron chi connectivity index (χ2n) is 5.64. The minimum atomic E-state index is -1.30. The van der Waals surface area contributed by atoms with Gasteiger partial charge in [-0.25, -0.2) is 22.0 Å². The molecule has 1 atom stereocenters. The zero-order valence-corrected chi connectivity index (χ0v) is 12.9. The maximum atomic E-state index is 14.1. The van der Waals surface area contributed by atoms with Gasteiger partial charge in [0.2, 0.25) is 0 Å². The molecule has 26 heavy (non-hydrogen) atoms. The molecule has 1 heterocycles. The van der Waals surface area contributed by atoms with Crippen LogP contribution in [0, 0.1) is 29.1 Å².